The van der Waals surface area contributed by atoms with Crippen LogP contribution in [0, 0.1) is 5.82 Å². The fraction of sp³-hybridized carbons (Fsp3) is 0.278. The summed E-state index contributed by atoms with van der Waals surface area (Å²) < 4.78 is 24.4. The second kappa shape index (κ2) is 6.18. The summed E-state index contributed by atoms with van der Waals surface area (Å²) in [5.41, 5.74) is 0.753. The molecule has 22 heavy (non-hydrogen) atoms. The zero-order chi connectivity index (χ0) is 16.3. The lowest BCUT2D eigenvalue weighted by molar-refractivity contribution is 0.00695. The molecule has 2 rings (SSSR count). The van der Waals surface area contributed by atoms with E-state index < -0.39 is 17.4 Å². The van der Waals surface area contributed by atoms with Crippen molar-refractivity contribution in [3.63, 3.8) is 0 Å². The zero-order valence-electron chi connectivity index (χ0n) is 13.1. The van der Waals surface area contributed by atoms with Crippen LogP contribution in [0.25, 0.3) is 11.1 Å². The molecule has 0 radical (unpaired) electrons. The molecule has 0 atom stereocenters. The van der Waals surface area contributed by atoms with Crippen molar-refractivity contribution < 1.29 is 18.7 Å². The third-order valence-electron chi connectivity index (χ3n) is 3.00. The minimum absolute atomic E-state index is 0.321. The van der Waals surface area contributed by atoms with E-state index in [0.717, 1.165) is 0 Å². The maximum atomic E-state index is 14.1. The Labute approximate surface area is 129 Å². The molecule has 0 aliphatic rings. The van der Waals surface area contributed by atoms with Gasteiger partial charge in [-0.15, -0.1) is 0 Å². The van der Waals surface area contributed by atoms with Crippen molar-refractivity contribution in [1.29, 1.82) is 0 Å². The molecule has 2 aromatic rings. The van der Waals surface area contributed by atoms with E-state index in [1.807, 2.05) is 0 Å². The van der Waals surface area contributed by atoms with Crippen molar-refractivity contribution >= 4 is 5.97 Å². The molecule has 0 saturated heterocycles. The predicted octanol–water partition coefficient (Wildman–Crippen LogP) is 4.46. The van der Waals surface area contributed by atoms with Gasteiger partial charge in [-0.05, 0) is 56.7 Å². The Morgan fingerprint density at radius 2 is 1.68 bits per heavy atom. The van der Waals surface area contributed by atoms with Gasteiger partial charge in [-0.2, -0.15) is 0 Å². The van der Waals surface area contributed by atoms with Crippen LogP contribution in [0.5, 0.6) is 5.75 Å². The summed E-state index contributed by atoms with van der Waals surface area (Å²) >= 11 is 0. The fourth-order valence-corrected chi connectivity index (χ4v) is 1.98. The maximum Gasteiger partial charge on any atom is 0.338 e. The van der Waals surface area contributed by atoms with Crippen molar-refractivity contribution in [1.82, 2.24) is 0 Å². The van der Waals surface area contributed by atoms with Crippen LogP contribution in [0.2, 0.25) is 0 Å². The minimum atomic E-state index is -0.592. The topological polar surface area (TPSA) is 35.5 Å². The van der Waals surface area contributed by atoms with E-state index in [1.165, 1.54) is 18.2 Å². The first-order valence-corrected chi connectivity index (χ1v) is 6.97. The molecule has 4 heteroatoms. The van der Waals surface area contributed by atoms with Crippen molar-refractivity contribution in [2.75, 3.05) is 7.11 Å². The highest BCUT2D eigenvalue weighted by Gasteiger charge is 2.19. The highest BCUT2D eigenvalue weighted by atomic mass is 19.1. The Hall–Kier alpha value is -2.36. The summed E-state index contributed by atoms with van der Waals surface area (Å²) in [6.07, 6.45) is 0. The highest BCUT2D eigenvalue weighted by Crippen LogP contribution is 2.26. The first-order chi connectivity index (χ1) is 10.3. The Balaban J connectivity index is 2.36. The minimum Gasteiger partial charge on any atom is -0.497 e. The Morgan fingerprint density at radius 3 is 2.23 bits per heavy atom. The van der Waals surface area contributed by atoms with Gasteiger partial charge in [0.05, 0.1) is 12.7 Å². The summed E-state index contributed by atoms with van der Waals surface area (Å²) in [5.74, 6) is -0.174. The van der Waals surface area contributed by atoms with Crippen LogP contribution < -0.4 is 4.74 Å². The number of benzene rings is 2. The Kier molecular flexibility index (Phi) is 4.50. The molecule has 0 aromatic heterocycles. The van der Waals surface area contributed by atoms with E-state index in [2.05, 4.69) is 0 Å². The number of rotatable bonds is 3. The van der Waals surface area contributed by atoms with Crippen LogP contribution in [-0.2, 0) is 4.74 Å². The Morgan fingerprint density at radius 1 is 1.05 bits per heavy atom. The lowest BCUT2D eigenvalue weighted by atomic mass is 10.0. The first-order valence-electron chi connectivity index (χ1n) is 6.97. The molecule has 116 valence electrons. The van der Waals surface area contributed by atoms with Crippen LogP contribution >= 0.6 is 0 Å². The van der Waals surface area contributed by atoms with Gasteiger partial charge >= 0.3 is 5.97 Å². The molecule has 0 heterocycles. The number of hydrogen-bond donors (Lipinski definition) is 0. The van der Waals surface area contributed by atoms with Gasteiger partial charge < -0.3 is 9.47 Å². The van der Waals surface area contributed by atoms with E-state index in [9.17, 15) is 9.18 Å². The zero-order valence-corrected chi connectivity index (χ0v) is 13.1. The molecule has 0 amide bonds. The predicted molar refractivity (Wildman–Crippen MR) is 83.6 cm³/mol. The Bertz CT molecular complexity index is 670. The number of methoxy groups -OCH3 is 1. The standard InChI is InChI=1S/C18H19FO3/c1-18(2,3)22-17(20)13-7-10-16(19)15(11-13)12-5-8-14(21-4)9-6-12/h5-11H,1-4H3. The van der Waals surface area contributed by atoms with Crippen molar-refractivity contribution in [2.45, 2.75) is 26.4 Å². The van der Waals surface area contributed by atoms with E-state index in [0.29, 0.717) is 22.4 Å². The normalized spacial score (nSPS) is 11.1. The molecule has 3 nitrogen and oxygen atoms in total. The van der Waals surface area contributed by atoms with Crippen molar-refractivity contribution in [3.05, 3.63) is 53.8 Å². The highest BCUT2D eigenvalue weighted by molar-refractivity contribution is 5.91. The van der Waals surface area contributed by atoms with E-state index in [1.54, 1.807) is 52.1 Å². The molecule has 0 unspecified atom stereocenters. The summed E-state index contributed by atoms with van der Waals surface area (Å²) in [5, 5.41) is 0. The first kappa shape index (κ1) is 16.0. The smallest absolute Gasteiger partial charge is 0.338 e. The van der Waals surface area contributed by atoms with Gasteiger partial charge in [-0.25, -0.2) is 9.18 Å². The average Bonchev–Trinajstić information content (AvgIpc) is 2.46. The molecular formula is C18H19FO3. The molecule has 0 aliphatic carbocycles. The number of hydrogen-bond acceptors (Lipinski definition) is 3. The van der Waals surface area contributed by atoms with E-state index >= 15 is 0 Å². The van der Waals surface area contributed by atoms with Gasteiger partial charge in [0.15, 0.2) is 0 Å². The fourth-order valence-electron chi connectivity index (χ4n) is 1.98. The molecule has 0 bridgehead atoms. The van der Waals surface area contributed by atoms with Crippen LogP contribution in [0.15, 0.2) is 42.5 Å². The number of carbonyl (C=O) groups excluding carboxylic acids is 1. The van der Waals surface area contributed by atoms with Crippen molar-refractivity contribution in [3.8, 4) is 16.9 Å². The average molecular weight is 302 g/mol. The summed E-state index contributed by atoms with van der Waals surface area (Å²) in [6.45, 7) is 5.37. The summed E-state index contributed by atoms with van der Waals surface area (Å²) in [6, 6.07) is 11.2. The largest absolute Gasteiger partial charge is 0.497 e. The monoisotopic (exact) mass is 302 g/mol. The van der Waals surface area contributed by atoms with Gasteiger partial charge in [0, 0.05) is 5.56 Å². The number of ether oxygens (including phenoxy) is 2. The van der Waals surface area contributed by atoms with Crippen LogP contribution in [0.3, 0.4) is 0 Å². The van der Waals surface area contributed by atoms with Crippen LogP contribution in [0.4, 0.5) is 4.39 Å². The van der Waals surface area contributed by atoms with E-state index in [-0.39, 0.29) is 0 Å². The van der Waals surface area contributed by atoms with Gasteiger partial charge in [0.1, 0.15) is 17.2 Å². The van der Waals surface area contributed by atoms with Gasteiger partial charge in [0.2, 0.25) is 0 Å². The lowest BCUT2D eigenvalue weighted by Crippen LogP contribution is -2.23. The third kappa shape index (κ3) is 3.85. The number of carbonyl (C=O) groups is 1. The summed E-state index contributed by atoms with van der Waals surface area (Å²) in [7, 11) is 1.57. The molecule has 0 spiro atoms. The van der Waals surface area contributed by atoms with Crippen LogP contribution in [-0.4, -0.2) is 18.7 Å². The lowest BCUT2D eigenvalue weighted by Gasteiger charge is -2.19. The van der Waals surface area contributed by atoms with Gasteiger partial charge in [-0.1, -0.05) is 12.1 Å². The molecule has 2 aromatic carbocycles. The third-order valence-corrected chi connectivity index (χ3v) is 3.00. The maximum absolute atomic E-state index is 14.1. The number of esters is 1. The molecule has 0 fully saturated rings. The quantitative estimate of drug-likeness (QED) is 0.785. The van der Waals surface area contributed by atoms with E-state index in [4.69, 9.17) is 9.47 Å². The second-order valence-electron chi connectivity index (χ2n) is 5.93. The van der Waals surface area contributed by atoms with Gasteiger partial charge in [-0.3, -0.25) is 0 Å². The second-order valence-corrected chi connectivity index (χ2v) is 5.93. The SMILES string of the molecule is COc1ccc(-c2cc(C(=O)OC(C)(C)C)ccc2F)cc1. The molecular weight excluding hydrogens is 283 g/mol. The van der Waals surface area contributed by atoms with Crippen molar-refractivity contribution in [2.24, 2.45) is 0 Å². The number of halogens is 1. The molecule has 0 aliphatic heterocycles. The molecule has 0 saturated carbocycles. The molecule has 0 N–H and O–H groups in total. The van der Waals surface area contributed by atoms with Gasteiger partial charge in [0.25, 0.3) is 0 Å². The van der Waals surface area contributed by atoms with Crippen LogP contribution in [0.1, 0.15) is 31.1 Å². The summed E-state index contributed by atoms with van der Waals surface area (Å²) in [4.78, 5) is 12.1.